The number of hydrogen-bond donors (Lipinski definition) is 1. The third kappa shape index (κ3) is 2.42. The van der Waals surface area contributed by atoms with Gasteiger partial charge >= 0.3 is 0 Å². The van der Waals surface area contributed by atoms with E-state index in [1.54, 1.807) is 0 Å². The van der Waals surface area contributed by atoms with Crippen LogP contribution in [0.3, 0.4) is 0 Å². The summed E-state index contributed by atoms with van der Waals surface area (Å²) in [5, 5.41) is 3.48. The van der Waals surface area contributed by atoms with E-state index in [9.17, 15) is 0 Å². The van der Waals surface area contributed by atoms with E-state index in [1.165, 1.54) is 25.9 Å². The molecule has 2 saturated heterocycles. The van der Waals surface area contributed by atoms with Crippen LogP contribution in [0.25, 0.3) is 0 Å². The minimum atomic E-state index is 0.664. The summed E-state index contributed by atoms with van der Waals surface area (Å²) in [5.74, 6) is 0. The van der Waals surface area contributed by atoms with Gasteiger partial charge in [-0.15, -0.1) is 0 Å². The first kappa shape index (κ1) is 9.44. The average Bonchev–Trinajstić information content (AvgIpc) is 2.19. The van der Waals surface area contributed by atoms with E-state index < -0.39 is 0 Å². The fourth-order valence-corrected chi connectivity index (χ4v) is 2.34. The monoisotopic (exact) mass is 184 g/mol. The van der Waals surface area contributed by atoms with Crippen LogP contribution in [-0.2, 0) is 4.74 Å². The van der Waals surface area contributed by atoms with E-state index in [0.717, 1.165) is 25.8 Å². The van der Waals surface area contributed by atoms with Gasteiger partial charge in [0.05, 0.1) is 0 Å². The molecule has 0 aromatic rings. The van der Waals surface area contributed by atoms with Crippen molar-refractivity contribution < 1.29 is 4.74 Å². The van der Waals surface area contributed by atoms with Crippen molar-refractivity contribution in [3.63, 3.8) is 0 Å². The largest absolute Gasteiger partial charge is 0.381 e. The molecule has 2 aliphatic heterocycles. The highest BCUT2D eigenvalue weighted by Crippen LogP contribution is 2.15. The molecule has 0 aromatic heterocycles. The van der Waals surface area contributed by atoms with Crippen LogP contribution in [0.15, 0.2) is 0 Å². The smallest absolute Gasteiger partial charge is 0.0480 e. The van der Waals surface area contributed by atoms with Crippen LogP contribution in [-0.4, -0.2) is 49.8 Å². The Morgan fingerprint density at radius 3 is 2.77 bits per heavy atom. The van der Waals surface area contributed by atoms with Crippen LogP contribution in [0.1, 0.15) is 19.8 Å². The number of ether oxygens (including phenoxy) is 1. The van der Waals surface area contributed by atoms with E-state index in [0.29, 0.717) is 6.04 Å². The number of piperazine rings is 1. The molecular weight excluding hydrogens is 164 g/mol. The second-order valence-electron chi connectivity index (χ2n) is 4.19. The van der Waals surface area contributed by atoms with Crippen molar-refractivity contribution in [1.29, 1.82) is 0 Å². The Morgan fingerprint density at radius 2 is 2.08 bits per heavy atom. The summed E-state index contributed by atoms with van der Waals surface area (Å²) >= 11 is 0. The molecule has 0 saturated carbocycles. The van der Waals surface area contributed by atoms with Crippen molar-refractivity contribution >= 4 is 0 Å². The van der Waals surface area contributed by atoms with Crippen LogP contribution < -0.4 is 5.32 Å². The summed E-state index contributed by atoms with van der Waals surface area (Å²) < 4.78 is 5.38. The Balaban J connectivity index is 1.83. The van der Waals surface area contributed by atoms with Crippen molar-refractivity contribution in [3.8, 4) is 0 Å². The van der Waals surface area contributed by atoms with Gasteiger partial charge in [0.25, 0.3) is 0 Å². The Morgan fingerprint density at radius 1 is 1.31 bits per heavy atom. The highest BCUT2D eigenvalue weighted by atomic mass is 16.5. The normalized spacial score (nSPS) is 33.5. The summed E-state index contributed by atoms with van der Waals surface area (Å²) in [6, 6.07) is 1.45. The Labute approximate surface area is 80.4 Å². The van der Waals surface area contributed by atoms with Crippen LogP contribution in [0, 0.1) is 0 Å². The standard InChI is InChI=1S/C10H20N2O/c1-9-8-12(5-4-11-9)10-2-6-13-7-3-10/h9-11H,2-8H2,1H3/t9-/m0/s1. The van der Waals surface area contributed by atoms with Crippen molar-refractivity contribution in [2.75, 3.05) is 32.8 Å². The molecule has 0 unspecified atom stereocenters. The second kappa shape index (κ2) is 4.40. The highest BCUT2D eigenvalue weighted by Gasteiger charge is 2.24. The molecule has 2 heterocycles. The number of nitrogens with one attached hydrogen (secondary N) is 1. The van der Waals surface area contributed by atoms with Gasteiger partial charge < -0.3 is 10.1 Å². The lowest BCUT2D eigenvalue weighted by molar-refractivity contribution is 0.0246. The lowest BCUT2D eigenvalue weighted by Gasteiger charge is -2.39. The van der Waals surface area contributed by atoms with Gasteiger partial charge in [-0.05, 0) is 19.8 Å². The molecule has 1 atom stereocenters. The molecule has 3 heteroatoms. The fourth-order valence-electron chi connectivity index (χ4n) is 2.34. The molecule has 3 nitrogen and oxygen atoms in total. The van der Waals surface area contributed by atoms with Gasteiger partial charge in [-0.25, -0.2) is 0 Å². The molecule has 0 radical (unpaired) electrons. The molecule has 1 N–H and O–H groups in total. The van der Waals surface area contributed by atoms with Gasteiger partial charge in [-0.3, -0.25) is 4.90 Å². The van der Waals surface area contributed by atoms with Gasteiger partial charge in [0.15, 0.2) is 0 Å². The first-order chi connectivity index (χ1) is 6.36. The molecular formula is C10H20N2O. The van der Waals surface area contributed by atoms with E-state index in [4.69, 9.17) is 4.74 Å². The Kier molecular flexibility index (Phi) is 3.19. The second-order valence-corrected chi connectivity index (χ2v) is 4.19. The predicted molar refractivity (Wildman–Crippen MR) is 52.9 cm³/mol. The predicted octanol–water partition coefficient (Wildman–Crippen LogP) is 0.459. The quantitative estimate of drug-likeness (QED) is 0.641. The Bertz CT molecular complexity index is 157. The van der Waals surface area contributed by atoms with E-state index >= 15 is 0 Å². The van der Waals surface area contributed by atoms with Gasteiger partial charge in [-0.1, -0.05) is 0 Å². The molecule has 0 bridgehead atoms. The van der Waals surface area contributed by atoms with Crippen LogP contribution in [0.4, 0.5) is 0 Å². The van der Waals surface area contributed by atoms with Gasteiger partial charge in [0.2, 0.25) is 0 Å². The van der Waals surface area contributed by atoms with Crippen LogP contribution >= 0.6 is 0 Å². The minimum absolute atomic E-state index is 0.664. The summed E-state index contributed by atoms with van der Waals surface area (Å²) in [6.07, 6.45) is 2.46. The number of nitrogens with zero attached hydrogens (tertiary/aromatic N) is 1. The lowest BCUT2D eigenvalue weighted by Crippen LogP contribution is -2.53. The summed E-state index contributed by atoms with van der Waals surface area (Å²) in [5.41, 5.74) is 0. The molecule has 0 amide bonds. The van der Waals surface area contributed by atoms with E-state index in [2.05, 4.69) is 17.1 Å². The fraction of sp³-hybridized carbons (Fsp3) is 1.00. The third-order valence-electron chi connectivity index (χ3n) is 3.11. The lowest BCUT2D eigenvalue weighted by atomic mass is 10.1. The molecule has 0 aliphatic carbocycles. The van der Waals surface area contributed by atoms with Crippen molar-refractivity contribution in [2.24, 2.45) is 0 Å². The molecule has 13 heavy (non-hydrogen) atoms. The van der Waals surface area contributed by atoms with Gasteiger partial charge in [0, 0.05) is 44.9 Å². The maximum atomic E-state index is 5.38. The van der Waals surface area contributed by atoms with Crippen LogP contribution in [0.2, 0.25) is 0 Å². The summed E-state index contributed by atoms with van der Waals surface area (Å²) in [4.78, 5) is 2.63. The first-order valence-corrected chi connectivity index (χ1v) is 5.41. The molecule has 76 valence electrons. The topological polar surface area (TPSA) is 24.5 Å². The molecule has 0 spiro atoms. The Hall–Kier alpha value is -0.120. The molecule has 2 fully saturated rings. The maximum absolute atomic E-state index is 5.38. The minimum Gasteiger partial charge on any atom is -0.381 e. The SMILES string of the molecule is C[C@H]1CN(C2CCOCC2)CCN1. The zero-order valence-electron chi connectivity index (χ0n) is 8.46. The van der Waals surface area contributed by atoms with Gasteiger partial charge in [0.1, 0.15) is 0 Å². The molecule has 2 rings (SSSR count). The summed E-state index contributed by atoms with van der Waals surface area (Å²) in [6.45, 7) is 7.77. The zero-order valence-corrected chi connectivity index (χ0v) is 8.46. The zero-order chi connectivity index (χ0) is 9.10. The number of rotatable bonds is 1. The van der Waals surface area contributed by atoms with Crippen molar-refractivity contribution in [1.82, 2.24) is 10.2 Å². The summed E-state index contributed by atoms with van der Waals surface area (Å²) in [7, 11) is 0. The van der Waals surface area contributed by atoms with E-state index in [1.807, 2.05) is 0 Å². The highest BCUT2D eigenvalue weighted by molar-refractivity contribution is 4.82. The third-order valence-corrected chi connectivity index (χ3v) is 3.11. The number of hydrogen-bond acceptors (Lipinski definition) is 3. The molecule has 0 aromatic carbocycles. The van der Waals surface area contributed by atoms with Crippen LogP contribution in [0.5, 0.6) is 0 Å². The first-order valence-electron chi connectivity index (χ1n) is 5.41. The van der Waals surface area contributed by atoms with Crippen molar-refractivity contribution in [3.05, 3.63) is 0 Å². The molecule has 2 aliphatic rings. The van der Waals surface area contributed by atoms with Gasteiger partial charge in [-0.2, -0.15) is 0 Å². The van der Waals surface area contributed by atoms with E-state index in [-0.39, 0.29) is 0 Å². The maximum Gasteiger partial charge on any atom is 0.0480 e. The van der Waals surface area contributed by atoms with Crippen molar-refractivity contribution in [2.45, 2.75) is 31.8 Å². The average molecular weight is 184 g/mol.